The van der Waals surface area contributed by atoms with E-state index in [9.17, 15) is 14.7 Å². The number of hydrogen-bond donors (Lipinski definition) is 2. The number of aromatic nitrogens is 4. The highest BCUT2D eigenvalue weighted by Gasteiger charge is 2.34. The summed E-state index contributed by atoms with van der Waals surface area (Å²) in [5.41, 5.74) is 3.47. The van der Waals surface area contributed by atoms with Crippen molar-refractivity contribution in [3.05, 3.63) is 46.0 Å². The molecule has 1 atom stereocenters. The largest absolute Gasteiger partial charge is 0.477 e. The molecule has 2 aromatic heterocycles. The molecule has 1 saturated carbocycles. The number of carbonyl (C=O) groups is 1. The molecule has 1 aromatic carbocycles. The topological polar surface area (TPSA) is 119 Å². The first-order chi connectivity index (χ1) is 14.9. The van der Waals surface area contributed by atoms with Crippen molar-refractivity contribution in [1.29, 1.82) is 0 Å². The lowest BCUT2D eigenvalue weighted by Gasteiger charge is -2.35. The van der Waals surface area contributed by atoms with Gasteiger partial charge in [0.05, 0.1) is 28.8 Å². The Morgan fingerprint density at radius 1 is 1.19 bits per heavy atom. The Hall–Kier alpha value is -3.50. The standard InChI is InChI=1S/C20H20F2N6O3/c21-14-16(23)13-17(27(10-3-4-10)9-12(19(13)29)20(30)31)15(22)18(14)26-6-1-2-11(8-26)28-7-5-24-25-28/h5,7,9-11H,1-4,6,8,23H2,(H,30,31). The number of rotatable bonds is 4. The lowest BCUT2D eigenvalue weighted by atomic mass is 10.0. The molecule has 0 amide bonds. The highest BCUT2D eigenvalue weighted by atomic mass is 19.1. The third-order valence-corrected chi connectivity index (χ3v) is 6.06. The van der Waals surface area contributed by atoms with Crippen LogP contribution in [0.15, 0.2) is 23.4 Å². The van der Waals surface area contributed by atoms with Gasteiger partial charge in [-0.05, 0) is 25.7 Å². The summed E-state index contributed by atoms with van der Waals surface area (Å²) in [6, 6.07) is -0.273. The fourth-order valence-corrected chi connectivity index (χ4v) is 4.41. The van der Waals surface area contributed by atoms with Gasteiger partial charge in [-0.25, -0.2) is 18.3 Å². The highest BCUT2D eigenvalue weighted by Crippen LogP contribution is 2.42. The molecule has 2 fully saturated rings. The fourth-order valence-electron chi connectivity index (χ4n) is 4.41. The third-order valence-electron chi connectivity index (χ3n) is 6.06. The number of carboxylic acids is 1. The normalized spacial score (nSPS) is 19.2. The summed E-state index contributed by atoms with van der Waals surface area (Å²) in [6.07, 6.45) is 7.26. The van der Waals surface area contributed by atoms with Gasteiger partial charge in [-0.15, -0.1) is 5.10 Å². The van der Waals surface area contributed by atoms with Crippen molar-refractivity contribution in [2.75, 3.05) is 23.7 Å². The Morgan fingerprint density at radius 2 is 1.97 bits per heavy atom. The van der Waals surface area contributed by atoms with Crippen molar-refractivity contribution in [2.45, 2.75) is 37.8 Å². The number of carboxylic acid groups (broad SMARTS) is 1. The number of aromatic carboxylic acids is 1. The summed E-state index contributed by atoms with van der Waals surface area (Å²) >= 11 is 0. The van der Waals surface area contributed by atoms with Crippen molar-refractivity contribution in [3.8, 4) is 0 Å². The molecule has 2 aliphatic rings. The molecule has 162 valence electrons. The van der Waals surface area contributed by atoms with Crippen molar-refractivity contribution in [2.24, 2.45) is 0 Å². The van der Waals surface area contributed by atoms with Crippen molar-refractivity contribution in [3.63, 3.8) is 0 Å². The van der Waals surface area contributed by atoms with Crippen LogP contribution in [0.2, 0.25) is 0 Å². The molecule has 11 heteroatoms. The number of piperidine rings is 1. The van der Waals surface area contributed by atoms with E-state index < -0.39 is 39.7 Å². The molecule has 0 spiro atoms. The van der Waals surface area contributed by atoms with Crippen LogP contribution in [0.25, 0.3) is 10.9 Å². The van der Waals surface area contributed by atoms with Crippen LogP contribution in [-0.4, -0.2) is 43.7 Å². The van der Waals surface area contributed by atoms with Crippen molar-refractivity contribution in [1.82, 2.24) is 19.6 Å². The van der Waals surface area contributed by atoms with Gasteiger partial charge < -0.3 is 20.3 Å². The van der Waals surface area contributed by atoms with E-state index in [1.807, 2.05) is 0 Å². The Bertz CT molecular complexity index is 1250. The quantitative estimate of drug-likeness (QED) is 0.610. The minimum absolute atomic E-state index is 0.119. The monoisotopic (exact) mass is 430 g/mol. The predicted octanol–water partition coefficient (Wildman–Crippen LogP) is 2.33. The van der Waals surface area contributed by atoms with Gasteiger partial charge in [0, 0.05) is 31.5 Å². The van der Waals surface area contributed by atoms with Gasteiger partial charge in [-0.2, -0.15) is 0 Å². The third kappa shape index (κ3) is 3.03. The molecule has 5 rings (SSSR count). The molecule has 3 aromatic rings. The van der Waals surface area contributed by atoms with Crippen molar-refractivity contribution < 1.29 is 18.7 Å². The predicted molar refractivity (Wildman–Crippen MR) is 108 cm³/mol. The van der Waals surface area contributed by atoms with Crippen LogP contribution < -0.4 is 16.1 Å². The second-order valence-electron chi connectivity index (χ2n) is 8.05. The van der Waals surface area contributed by atoms with Gasteiger partial charge in [0.25, 0.3) is 0 Å². The Labute approximate surface area is 174 Å². The molecule has 9 nitrogen and oxygen atoms in total. The summed E-state index contributed by atoms with van der Waals surface area (Å²) in [5.74, 6) is -3.41. The van der Waals surface area contributed by atoms with Gasteiger partial charge in [0.2, 0.25) is 5.43 Å². The molecular weight excluding hydrogens is 410 g/mol. The molecule has 0 radical (unpaired) electrons. The van der Waals surface area contributed by atoms with E-state index >= 15 is 8.78 Å². The van der Waals surface area contributed by atoms with Gasteiger partial charge in [0.1, 0.15) is 11.3 Å². The van der Waals surface area contributed by atoms with E-state index in [1.165, 1.54) is 4.57 Å². The summed E-state index contributed by atoms with van der Waals surface area (Å²) in [7, 11) is 0. The average Bonchev–Trinajstić information content (AvgIpc) is 3.44. The van der Waals surface area contributed by atoms with Crippen LogP contribution in [0, 0.1) is 11.6 Å². The zero-order valence-electron chi connectivity index (χ0n) is 16.5. The van der Waals surface area contributed by atoms with Crippen LogP contribution in [0.5, 0.6) is 0 Å². The molecular formula is C20H20F2N6O3. The van der Waals surface area contributed by atoms with E-state index in [4.69, 9.17) is 5.73 Å². The van der Waals surface area contributed by atoms with Gasteiger partial charge in [-0.3, -0.25) is 4.79 Å². The summed E-state index contributed by atoms with van der Waals surface area (Å²) in [5, 5.41) is 16.8. The molecule has 0 bridgehead atoms. The molecule has 3 N–H and O–H groups in total. The van der Waals surface area contributed by atoms with E-state index in [-0.39, 0.29) is 23.3 Å². The van der Waals surface area contributed by atoms with Gasteiger partial charge >= 0.3 is 5.97 Å². The first kappa shape index (κ1) is 19.5. The minimum atomic E-state index is -1.46. The molecule has 3 heterocycles. The second kappa shape index (κ2) is 7.03. The number of nitrogen functional groups attached to an aromatic ring is 1. The van der Waals surface area contributed by atoms with Crippen LogP contribution in [0.1, 0.15) is 48.1 Å². The SMILES string of the molecule is Nc1c(F)c(N2CCCC(n3ccnn3)C2)c(F)c2c1c(=O)c(C(=O)O)cn2C1CC1. The maximum atomic E-state index is 15.8. The van der Waals surface area contributed by atoms with Gasteiger partial charge in [-0.1, -0.05) is 5.21 Å². The first-order valence-electron chi connectivity index (χ1n) is 10.1. The first-order valence-corrected chi connectivity index (χ1v) is 10.1. The van der Waals surface area contributed by atoms with Gasteiger partial charge in [0.15, 0.2) is 11.6 Å². The number of benzene rings is 1. The van der Waals surface area contributed by atoms with E-state index in [0.29, 0.717) is 32.4 Å². The Kier molecular flexibility index (Phi) is 4.42. The lowest BCUT2D eigenvalue weighted by Crippen LogP contribution is -2.38. The number of fused-ring (bicyclic) bond motifs is 1. The summed E-state index contributed by atoms with van der Waals surface area (Å²) in [6.45, 7) is 0.702. The Morgan fingerprint density at radius 3 is 2.61 bits per heavy atom. The van der Waals surface area contributed by atoms with E-state index in [1.54, 1.807) is 22.0 Å². The smallest absolute Gasteiger partial charge is 0.341 e. The van der Waals surface area contributed by atoms with E-state index in [2.05, 4.69) is 10.3 Å². The molecule has 1 saturated heterocycles. The molecule has 1 aliphatic carbocycles. The molecule has 31 heavy (non-hydrogen) atoms. The fraction of sp³-hybridized carbons (Fsp3) is 0.400. The number of nitrogens with zero attached hydrogens (tertiary/aromatic N) is 5. The molecule has 1 aliphatic heterocycles. The Balaban J connectivity index is 1.72. The van der Waals surface area contributed by atoms with E-state index in [0.717, 1.165) is 12.6 Å². The van der Waals surface area contributed by atoms with Crippen LogP contribution >= 0.6 is 0 Å². The number of halogens is 2. The van der Waals surface area contributed by atoms with Crippen molar-refractivity contribution >= 4 is 28.2 Å². The molecule has 1 unspecified atom stereocenters. The maximum absolute atomic E-state index is 15.8. The zero-order valence-corrected chi connectivity index (χ0v) is 16.5. The number of anilines is 2. The maximum Gasteiger partial charge on any atom is 0.341 e. The van der Waals surface area contributed by atoms with Crippen LogP contribution in [-0.2, 0) is 0 Å². The number of pyridine rings is 1. The zero-order chi connectivity index (χ0) is 21.9. The summed E-state index contributed by atoms with van der Waals surface area (Å²) < 4.78 is 34.3. The average molecular weight is 430 g/mol. The number of hydrogen-bond acceptors (Lipinski definition) is 6. The number of nitrogens with two attached hydrogens (primary N) is 1. The van der Waals surface area contributed by atoms with Crippen LogP contribution in [0.3, 0.4) is 0 Å². The minimum Gasteiger partial charge on any atom is -0.477 e. The second-order valence-corrected chi connectivity index (χ2v) is 8.05. The highest BCUT2D eigenvalue weighted by molar-refractivity contribution is 5.99. The lowest BCUT2D eigenvalue weighted by molar-refractivity contribution is 0.0695. The van der Waals surface area contributed by atoms with Crippen LogP contribution in [0.4, 0.5) is 20.2 Å². The summed E-state index contributed by atoms with van der Waals surface area (Å²) in [4.78, 5) is 25.9.